The Balaban J connectivity index is 2.70. The predicted molar refractivity (Wildman–Crippen MR) is 63.9 cm³/mol. The molecule has 0 spiro atoms. The number of rotatable bonds is 5. The molecule has 8 heteroatoms. The predicted octanol–water partition coefficient (Wildman–Crippen LogP) is 0.0640. The molecule has 0 N–H and O–H groups in total. The maximum absolute atomic E-state index is 11.9. The minimum absolute atomic E-state index is 0.175. The lowest BCUT2D eigenvalue weighted by atomic mass is 10.3. The second-order valence-electron chi connectivity index (χ2n) is 4.01. The molecule has 96 valence electrons. The number of nitrogens with zero attached hydrogens (tertiary/aromatic N) is 1. The summed E-state index contributed by atoms with van der Waals surface area (Å²) < 4.78 is 46.9. The van der Waals surface area contributed by atoms with Crippen molar-refractivity contribution in [2.45, 2.75) is 18.9 Å². The summed E-state index contributed by atoms with van der Waals surface area (Å²) in [7, 11) is -6.73. The molecular formula is C8H16ClNO4S2. The van der Waals surface area contributed by atoms with Crippen LogP contribution in [0, 0.1) is 0 Å². The summed E-state index contributed by atoms with van der Waals surface area (Å²) in [6.07, 6.45) is 2.57. The van der Waals surface area contributed by atoms with Gasteiger partial charge < -0.3 is 0 Å². The summed E-state index contributed by atoms with van der Waals surface area (Å²) in [4.78, 5) is 0. The van der Waals surface area contributed by atoms with Crippen LogP contribution in [0.1, 0.15) is 12.8 Å². The van der Waals surface area contributed by atoms with Gasteiger partial charge in [0.1, 0.15) is 9.84 Å². The topological polar surface area (TPSA) is 71.5 Å². The first kappa shape index (κ1) is 14.2. The van der Waals surface area contributed by atoms with E-state index in [9.17, 15) is 16.8 Å². The van der Waals surface area contributed by atoms with Gasteiger partial charge in [-0.25, -0.2) is 16.8 Å². The molecule has 16 heavy (non-hydrogen) atoms. The van der Waals surface area contributed by atoms with Crippen LogP contribution in [-0.2, 0) is 19.9 Å². The van der Waals surface area contributed by atoms with E-state index in [2.05, 4.69) is 0 Å². The van der Waals surface area contributed by atoms with Gasteiger partial charge in [0.05, 0.1) is 11.5 Å². The Labute approximate surface area is 102 Å². The average molecular weight is 290 g/mol. The first-order chi connectivity index (χ1) is 7.26. The van der Waals surface area contributed by atoms with E-state index in [0.717, 1.165) is 19.1 Å². The number of sulfone groups is 1. The van der Waals surface area contributed by atoms with Crippen molar-refractivity contribution in [1.82, 2.24) is 4.31 Å². The summed E-state index contributed by atoms with van der Waals surface area (Å²) in [5, 5.41) is 0. The van der Waals surface area contributed by atoms with Crippen LogP contribution in [-0.4, -0.2) is 57.4 Å². The standard InChI is InChI=1S/C8H16ClNO4S2/c1-15(11,12)5-6-16(13,14)10-4-2-3-8(10)7-9/h8H,2-7H2,1H3. The fourth-order valence-electron chi connectivity index (χ4n) is 1.70. The van der Waals surface area contributed by atoms with E-state index in [4.69, 9.17) is 11.6 Å². The highest BCUT2D eigenvalue weighted by atomic mass is 35.5. The number of sulfonamides is 1. The van der Waals surface area contributed by atoms with Crippen molar-refractivity contribution in [2.75, 3.05) is 30.2 Å². The lowest BCUT2D eigenvalue weighted by Crippen LogP contribution is -2.39. The van der Waals surface area contributed by atoms with Crippen LogP contribution in [0.4, 0.5) is 0 Å². The third kappa shape index (κ3) is 3.87. The van der Waals surface area contributed by atoms with Crippen molar-refractivity contribution in [3.05, 3.63) is 0 Å². The normalized spacial score (nSPS) is 23.8. The van der Waals surface area contributed by atoms with Gasteiger partial charge >= 0.3 is 0 Å². The molecule has 1 rings (SSSR count). The third-order valence-corrected chi connectivity index (χ3v) is 6.05. The molecule has 0 saturated carbocycles. The minimum atomic E-state index is -3.48. The van der Waals surface area contributed by atoms with Crippen LogP contribution in [0.3, 0.4) is 0 Å². The molecule has 0 aromatic rings. The Morgan fingerprint density at radius 2 is 1.88 bits per heavy atom. The van der Waals surface area contributed by atoms with Gasteiger partial charge in [-0.2, -0.15) is 4.31 Å². The molecule has 1 heterocycles. The number of halogens is 1. The quantitative estimate of drug-likeness (QED) is 0.671. The van der Waals surface area contributed by atoms with E-state index < -0.39 is 19.9 Å². The lowest BCUT2D eigenvalue weighted by molar-refractivity contribution is 0.412. The highest BCUT2D eigenvalue weighted by molar-refractivity contribution is 7.93. The molecule has 1 saturated heterocycles. The maximum atomic E-state index is 11.9. The van der Waals surface area contributed by atoms with Crippen LogP contribution in [0.5, 0.6) is 0 Å². The highest BCUT2D eigenvalue weighted by Crippen LogP contribution is 2.22. The van der Waals surface area contributed by atoms with Gasteiger partial charge in [0.25, 0.3) is 0 Å². The van der Waals surface area contributed by atoms with Crippen LogP contribution in [0.25, 0.3) is 0 Å². The van der Waals surface area contributed by atoms with Crippen LogP contribution in [0.2, 0.25) is 0 Å². The van der Waals surface area contributed by atoms with Gasteiger partial charge in [-0.3, -0.25) is 0 Å². The fourth-order valence-corrected chi connectivity index (χ4v) is 5.44. The molecule has 0 bridgehead atoms. The molecule has 0 aromatic carbocycles. The van der Waals surface area contributed by atoms with E-state index in [1.165, 1.54) is 4.31 Å². The maximum Gasteiger partial charge on any atom is 0.215 e. The Bertz CT molecular complexity index is 431. The van der Waals surface area contributed by atoms with Crippen molar-refractivity contribution in [2.24, 2.45) is 0 Å². The van der Waals surface area contributed by atoms with Crippen molar-refractivity contribution in [3.8, 4) is 0 Å². The van der Waals surface area contributed by atoms with E-state index in [1.54, 1.807) is 0 Å². The molecule has 0 radical (unpaired) electrons. The molecule has 0 amide bonds. The van der Waals surface area contributed by atoms with Gasteiger partial charge in [-0.05, 0) is 12.8 Å². The molecule has 5 nitrogen and oxygen atoms in total. The SMILES string of the molecule is CS(=O)(=O)CCS(=O)(=O)N1CCCC1CCl. The minimum Gasteiger partial charge on any atom is -0.229 e. The summed E-state index contributed by atoms with van der Waals surface area (Å²) in [5.41, 5.74) is 0. The molecule has 1 aliphatic heterocycles. The zero-order valence-electron chi connectivity index (χ0n) is 9.09. The molecular weight excluding hydrogens is 274 g/mol. The summed E-state index contributed by atoms with van der Waals surface area (Å²) in [6, 6.07) is -0.175. The largest absolute Gasteiger partial charge is 0.229 e. The van der Waals surface area contributed by atoms with Crippen molar-refractivity contribution in [1.29, 1.82) is 0 Å². The molecule has 1 atom stereocenters. The number of hydrogen-bond acceptors (Lipinski definition) is 4. The Morgan fingerprint density at radius 3 is 2.38 bits per heavy atom. The van der Waals surface area contributed by atoms with E-state index in [-0.39, 0.29) is 23.4 Å². The monoisotopic (exact) mass is 289 g/mol. The van der Waals surface area contributed by atoms with Gasteiger partial charge in [0.15, 0.2) is 0 Å². The van der Waals surface area contributed by atoms with Gasteiger partial charge in [0.2, 0.25) is 10.0 Å². The van der Waals surface area contributed by atoms with Crippen LogP contribution in [0.15, 0.2) is 0 Å². The van der Waals surface area contributed by atoms with Crippen LogP contribution < -0.4 is 0 Å². The Kier molecular flexibility index (Phi) is 4.62. The fraction of sp³-hybridized carbons (Fsp3) is 1.00. The molecule has 1 fully saturated rings. The second kappa shape index (κ2) is 5.20. The molecule has 0 aliphatic carbocycles. The highest BCUT2D eigenvalue weighted by Gasteiger charge is 2.33. The van der Waals surface area contributed by atoms with Gasteiger partial charge in [-0.1, -0.05) is 0 Å². The van der Waals surface area contributed by atoms with E-state index in [0.29, 0.717) is 6.54 Å². The summed E-state index contributed by atoms with van der Waals surface area (Å²) >= 11 is 5.67. The van der Waals surface area contributed by atoms with Crippen molar-refractivity contribution < 1.29 is 16.8 Å². The Hall–Kier alpha value is 0.150. The zero-order chi connectivity index (χ0) is 12.4. The summed E-state index contributed by atoms with van der Waals surface area (Å²) in [5.74, 6) is -0.418. The first-order valence-electron chi connectivity index (χ1n) is 4.99. The van der Waals surface area contributed by atoms with Gasteiger partial charge in [0, 0.05) is 24.7 Å². The Morgan fingerprint density at radius 1 is 1.25 bits per heavy atom. The number of hydrogen-bond donors (Lipinski definition) is 0. The smallest absolute Gasteiger partial charge is 0.215 e. The van der Waals surface area contributed by atoms with E-state index >= 15 is 0 Å². The number of alkyl halides is 1. The van der Waals surface area contributed by atoms with Gasteiger partial charge in [-0.15, -0.1) is 11.6 Å². The van der Waals surface area contributed by atoms with E-state index in [1.807, 2.05) is 0 Å². The first-order valence-corrected chi connectivity index (χ1v) is 9.20. The second-order valence-corrected chi connectivity index (χ2v) is 8.62. The average Bonchev–Trinajstić information content (AvgIpc) is 2.62. The lowest BCUT2D eigenvalue weighted by Gasteiger charge is -2.21. The molecule has 0 aromatic heterocycles. The van der Waals surface area contributed by atoms with Crippen molar-refractivity contribution >= 4 is 31.5 Å². The van der Waals surface area contributed by atoms with Crippen molar-refractivity contribution in [3.63, 3.8) is 0 Å². The zero-order valence-corrected chi connectivity index (χ0v) is 11.5. The van der Waals surface area contributed by atoms with Crippen LogP contribution >= 0.6 is 11.6 Å². The molecule has 1 unspecified atom stereocenters. The molecule has 1 aliphatic rings. The third-order valence-electron chi connectivity index (χ3n) is 2.57. The summed E-state index contributed by atoms with van der Waals surface area (Å²) in [6.45, 7) is 0.448.